The maximum atomic E-state index is 9.44. The van der Waals surface area contributed by atoms with Crippen LogP contribution < -0.4 is 0 Å². The van der Waals surface area contributed by atoms with Gasteiger partial charge in [0.15, 0.2) is 0 Å². The van der Waals surface area contributed by atoms with Crippen LogP contribution in [0.25, 0.3) is 0 Å². The van der Waals surface area contributed by atoms with Gasteiger partial charge in [0.2, 0.25) is 0 Å². The number of rotatable bonds is 0. The summed E-state index contributed by atoms with van der Waals surface area (Å²) < 4.78 is 5.33. The van der Waals surface area contributed by atoms with Crippen molar-refractivity contribution < 1.29 is 4.79 Å². The highest BCUT2D eigenvalue weighted by atomic mass is 32.1. The topological polar surface area (TPSA) is 40.9 Å². The Balaban J connectivity index is 0. The highest BCUT2D eigenvalue weighted by Crippen LogP contribution is 1.50. The Bertz CT molecular complexity index is 42.1. The number of carbonyl (C=O) groups is 1. The van der Waals surface area contributed by atoms with Crippen molar-refractivity contribution in [2.45, 2.75) is 13.8 Å². The zero-order valence-corrected chi connectivity index (χ0v) is 4.63. The second-order valence-corrected chi connectivity index (χ2v) is 0.908. The molecule has 0 saturated heterocycles. The molecule has 6 heavy (non-hydrogen) atoms. The first-order valence-corrected chi connectivity index (χ1v) is 1.82. The Morgan fingerprint density at radius 1 is 1.50 bits per heavy atom. The largest absolute Gasteiger partial charge is 0.300 e. The molecule has 0 rings (SSSR count). The summed E-state index contributed by atoms with van der Waals surface area (Å²) in [6, 6.07) is 0. The summed E-state index contributed by atoms with van der Waals surface area (Å²) in [5.41, 5.74) is 0. The van der Waals surface area contributed by atoms with Gasteiger partial charge in [-0.3, -0.25) is 0 Å². The van der Waals surface area contributed by atoms with E-state index < -0.39 is 0 Å². The first kappa shape index (κ1) is 9.19. The lowest BCUT2D eigenvalue weighted by Gasteiger charge is -1.56. The van der Waals surface area contributed by atoms with Gasteiger partial charge in [0.25, 0.3) is 0 Å². The van der Waals surface area contributed by atoms with E-state index in [4.69, 9.17) is 4.78 Å². The van der Waals surface area contributed by atoms with Gasteiger partial charge in [0.1, 0.15) is 5.78 Å². The van der Waals surface area contributed by atoms with Gasteiger partial charge in [0, 0.05) is 12.4 Å². The van der Waals surface area contributed by atoms with E-state index in [1.807, 2.05) is 0 Å². The second-order valence-electron chi connectivity index (χ2n) is 0.908. The molecule has 0 aliphatic rings. The van der Waals surface area contributed by atoms with Gasteiger partial charge in [-0.2, -0.15) is 0 Å². The minimum Gasteiger partial charge on any atom is -0.300 e. The number of hydrogen-bond donors (Lipinski definition) is 1. The number of ketones is 1. The Hall–Kier alpha value is -0.310. The van der Waals surface area contributed by atoms with Crippen molar-refractivity contribution in [3.05, 3.63) is 0 Å². The van der Waals surface area contributed by atoms with E-state index in [0.717, 1.165) is 0 Å². The zero-order chi connectivity index (χ0) is 5.58. The van der Waals surface area contributed by atoms with Crippen LogP contribution in [0.1, 0.15) is 13.8 Å². The van der Waals surface area contributed by atoms with Crippen LogP contribution >= 0.6 is 0 Å². The molecule has 3 heteroatoms. The lowest BCUT2D eigenvalue weighted by Crippen LogP contribution is -1.69. The molecule has 0 atom stereocenters. The van der Waals surface area contributed by atoms with Crippen molar-refractivity contribution in [3.8, 4) is 0 Å². The molecule has 0 fully saturated rings. The van der Waals surface area contributed by atoms with Crippen LogP contribution in [0.15, 0.2) is 0 Å². The molecule has 0 aromatic heterocycles. The van der Waals surface area contributed by atoms with Crippen LogP contribution in [0.2, 0.25) is 0 Å². The summed E-state index contributed by atoms with van der Waals surface area (Å²) in [4.78, 5) is 9.44. The normalized spacial score (nSPS) is 5.00. The first-order valence-electron chi connectivity index (χ1n) is 1.41. The first-order chi connectivity index (χ1) is 2.73. The van der Waals surface area contributed by atoms with Crippen LogP contribution in [-0.4, -0.2) is 5.78 Å². The van der Waals surface area contributed by atoms with Crippen molar-refractivity contribution in [1.82, 2.24) is 0 Å². The van der Waals surface area contributed by atoms with E-state index in [1.165, 1.54) is 13.8 Å². The van der Waals surface area contributed by atoms with E-state index in [0.29, 0.717) is 0 Å². The van der Waals surface area contributed by atoms with Crippen LogP contribution in [0, 0.1) is 4.78 Å². The van der Waals surface area contributed by atoms with Crippen molar-refractivity contribution >= 4 is 18.2 Å². The van der Waals surface area contributed by atoms with Gasteiger partial charge in [-0.15, -0.1) is 0 Å². The zero-order valence-electron chi connectivity index (χ0n) is 3.82. The molecular weight excluding hydrogens is 98.1 g/mol. The van der Waals surface area contributed by atoms with Crippen LogP contribution in [0.4, 0.5) is 0 Å². The second kappa shape index (κ2) is 8.83. The Morgan fingerprint density at radius 2 is 1.50 bits per heavy atom. The van der Waals surface area contributed by atoms with Gasteiger partial charge in [0.05, 0.1) is 0 Å². The third kappa shape index (κ3) is 278. The molecule has 0 heterocycles. The van der Waals surface area contributed by atoms with Crippen LogP contribution in [-0.2, 0) is 17.2 Å². The third-order valence-corrected chi connectivity index (χ3v) is 0. The number of Topliss-reactive ketones (excluding diaryl/α,β-unsaturated/α-hetero) is 1. The molecule has 0 spiro atoms. The molecule has 0 amide bonds. The predicted octanol–water partition coefficient (Wildman–Crippen LogP) is 0.891. The quantitative estimate of drug-likeness (QED) is 0.497. The Morgan fingerprint density at radius 3 is 1.50 bits per heavy atom. The average Bonchev–Trinajstić information content (AvgIpc) is 1.41. The number of carbonyl (C=O) groups excluding carboxylic acids is 1. The Labute approximate surface area is 42.5 Å². The number of nitrogens with one attached hydrogen (secondary N) is 1. The standard InChI is InChI=1S/C3H6O.HNS/c1-3(2)4;1-2/h1-2H3;1H. The van der Waals surface area contributed by atoms with Gasteiger partial charge >= 0.3 is 0 Å². The van der Waals surface area contributed by atoms with Crippen LogP contribution in [0.3, 0.4) is 0 Å². The molecule has 0 aliphatic carbocycles. The average molecular weight is 105 g/mol. The van der Waals surface area contributed by atoms with Crippen molar-refractivity contribution in [2.75, 3.05) is 0 Å². The molecule has 0 aromatic rings. The summed E-state index contributed by atoms with van der Waals surface area (Å²) in [5.74, 6) is 0.167. The molecular formula is C3H7NOS. The highest BCUT2D eigenvalue weighted by molar-refractivity contribution is 7.45. The van der Waals surface area contributed by atoms with Crippen LogP contribution in [0.5, 0.6) is 0 Å². The predicted molar refractivity (Wildman–Crippen MR) is 26.4 cm³/mol. The number of hydrogen-bond acceptors (Lipinski definition) is 3. The SMILES string of the molecule is CC(C)=O.N=S. The molecule has 2 nitrogen and oxygen atoms in total. The maximum absolute atomic E-state index is 9.44. The van der Waals surface area contributed by atoms with Crippen molar-refractivity contribution in [1.29, 1.82) is 4.78 Å². The third-order valence-electron chi connectivity index (χ3n) is 0. The molecule has 0 radical (unpaired) electrons. The minimum absolute atomic E-state index is 0.167. The Kier molecular flexibility index (Phi) is 13.5. The van der Waals surface area contributed by atoms with E-state index in [9.17, 15) is 4.79 Å². The summed E-state index contributed by atoms with van der Waals surface area (Å²) in [5, 5.41) is 0. The summed E-state index contributed by atoms with van der Waals surface area (Å²) >= 11 is 3.33. The molecule has 1 N–H and O–H groups in total. The monoisotopic (exact) mass is 105 g/mol. The van der Waals surface area contributed by atoms with E-state index in [2.05, 4.69) is 12.4 Å². The fourth-order valence-corrected chi connectivity index (χ4v) is 0. The summed E-state index contributed by atoms with van der Waals surface area (Å²) in [6.07, 6.45) is 0. The molecule has 0 saturated carbocycles. The van der Waals surface area contributed by atoms with E-state index >= 15 is 0 Å². The maximum Gasteiger partial charge on any atom is 0.126 e. The molecule has 0 bridgehead atoms. The lowest BCUT2D eigenvalue weighted by atomic mass is 10.6. The highest BCUT2D eigenvalue weighted by Gasteiger charge is 1.62. The smallest absolute Gasteiger partial charge is 0.126 e. The van der Waals surface area contributed by atoms with E-state index in [-0.39, 0.29) is 5.78 Å². The van der Waals surface area contributed by atoms with Gasteiger partial charge in [-0.1, -0.05) is 0 Å². The minimum atomic E-state index is 0.167. The lowest BCUT2D eigenvalue weighted by molar-refractivity contribution is -0.114. The molecule has 0 aromatic carbocycles. The van der Waals surface area contributed by atoms with Gasteiger partial charge < -0.3 is 4.79 Å². The molecule has 36 valence electrons. The van der Waals surface area contributed by atoms with Gasteiger partial charge in [-0.25, -0.2) is 4.78 Å². The fourth-order valence-electron chi connectivity index (χ4n) is 0. The van der Waals surface area contributed by atoms with Crippen molar-refractivity contribution in [2.24, 2.45) is 0 Å². The summed E-state index contributed by atoms with van der Waals surface area (Å²) in [7, 11) is 0. The fraction of sp³-hybridized carbons (Fsp3) is 0.667. The summed E-state index contributed by atoms with van der Waals surface area (Å²) in [6.45, 7) is 3.06. The van der Waals surface area contributed by atoms with Gasteiger partial charge in [-0.05, 0) is 13.8 Å². The van der Waals surface area contributed by atoms with Crippen molar-refractivity contribution in [3.63, 3.8) is 0 Å². The van der Waals surface area contributed by atoms with E-state index in [1.54, 1.807) is 0 Å². The molecule has 0 unspecified atom stereocenters. The molecule has 0 aliphatic heterocycles.